The van der Waals surface area contributed by atoms with Gasteiger partial charge in [0, 0.05) is 31.9 Å². The van der Waals surface area contributed by atoms with Crippen LogP contribution >= 0.6 is 0 Å². The number of aliphatic hydroxyl groups is 1. The third-order valence-electron chi connectivity index (χ3n) is 4.54. The van der Waals surface area contributed by atoms with Gasteiger partial charge in [-0.1, -0.05) is 25.5 Å². The lowest BCUT2D eigenvalue weighted by atomic mass is 9.88. The van der Waals surface area contributed by atoms with E-state index in [1.807, 2.05) is 12.1 Å². The molecular weight excluding hydrogens is 312 g/mol. The molecule has 0 radical (unpaired) electrons. The van der Waals surface area contributed by atoms with Gasteiger partial charge in [-0.3, -0.25) is 4.72 Å². The first kappa shape index (κ1) is 18.2. The van der Waals surface area contributed by atoms with Gasteiger partial charge in [0.05, 0.1) is 6.26 Å². The van der Waals surface area contributed by atoms with Gasteiger partial charge in [-0.2, -0.15) is 0 Å². The lowest BCUT2D eigenvalue weighted by molar-refractivity contribution is 0.242. The molecule has 1 fully saturated rings. The molecule has 1 aromatic carbocycles. The first-order chi connectivity index (χ1) is 10.9. The average Bonchev–Trinajstić information content (AvgIpc) is 2.85. The average molecular weight is 340 g/mol. The molecule has 5 nitrogen and oxygen atoms in total. The third-order valence-corrected chi connectivity index (χ3v) is 5.14. The van der Waals surface area contributed by atoms with Crippen molar-refractivity contribution in [3.05, 3.63) is 29.8 Å². The predicted octanol–water partition coefficient (Wildman–Crippen LogP) is 1.94. The Labute approximate surface area is 139 Å². The lowest BCUT2D eigenvalue weighted by Gasteiger charge is -2.17. The van der Waals surface area contributed by atoms with E-state index in [1.54, 1.807) is 6.07 Å². The van der Waals surface area contributed by atoms with Crippen molar-refractivity contribution in [3.8, 4) is 0 Å². The third kappa shape index (κ3) is 5.79. The van der Waals surface area contributed by atoms with Crippen LogP contribution in [0.1, 0.15) is 25.3 Å². The molecule has 2 rings (SSSR count). The van der Waals surface area contributed by atoms with Crippen molar-refractivity contribution >= 4 is 15.7 Å². The van der Waals surface area contributed by atoms with Crippen LogP contribution < -0.4 is 4.72 Å². The number of anilines is 1. The molecule has 0 saturated carbocycles. The summed E-state index contributed by atoms with van der Waals surface area (Å²) in [6.45, 7) is 5.59. The first-order valence-electron chi connectivity index (χ1n) is 8.31. The summed E-state index contributed by atoms with van der Waals surface area (Å²) in [6, 6.07) is 7.69. The molecule has 0 amide bonds. The van der Waals surface area contributed by atoms with Crippen molar-refractivity contribution in [1.82, 2.24) is 4.90 Å². The largest absolute Gasteiger partial charge is 0.396 e. The van der Waals surface area contributed by atoms with Gasteiger partial charge in [-0.05, 0) is 42.4 Å². The van der Waals surface area contributed by atoms with E-state index in [0.717, 1.165) is 38.9 Å². The van der Waals surface area contributed by atoms with Gasteiger partial charge in [0.1, 0.15) is 0 Å². The molecule has 6 heteroatoms. The van der Waals surface area contributed by atoms with Crippen molar-refractivity contribution in [1.29, 1.82) is 0 Å². The Morgan fingerprint density at radius 3 is 2.70 bits per heavy atom. The molecule has 0 spiro atoms. The Balaban J connectivity index is 2.01. The minimum Gasteiger partial charge on any atom is -0.396 e. The zero-order chi connectivity index (χ0) is 16.9. The summed E-state index contributed by atoms with van der Waals surface area (Å²) in [6.07, 6.45) is 4.12. The molecule has 1 aromatic rings. The van der Waals surface area contributed by atoms with E-state index in [4.69, 9.17) is 5.11 Å². The van der Waals surface area contributed by atoms with Crippen LogP contribution in [0, 0.1) is 11.8 Å². The zero-order valence-electron chi connectivity index (χ0n) is 14.0. The number of aliphatic hydroxyl groups excluding tert-OH is 1. The summed E-state index contributed by atoms with van der Waals surface area (Å²) in [4.78, 5) is 2.44. The first-order valence-corrected chi connectivity index (χ1v) is 10.2. The van der Waals surface area contributed by atoms with Crippen molar-refractivity contribution < 1.29 is 13.5 Å². The second kappa shape index (κ2) is 8.13. The summed E-state index contributed by atoms with van der Waals surface area (Å²) in [5, 5.41) is 8.99. The van der Waals surface area contributed by atoms with E-state index in [1.165, 1.54) is 11.8 Å². The molecule has 0 bridgehead atoms. The fourth-order valence-electron chi connectivity index (χ4n) is 3.49. The topological polar surface area (TPSA) is 69.6 Å². The predicted molar refractivity (Wildman–Crippen MR) is 94.0 cm³/mol. The van der Waals surface area contributed by atoms with Crippen molar-refractivity contribution in [2.45, 2.75) is 26.2 Å². The Morgan fingerprint density at radius 2 is 2.04 bits per heavy atom. The van der Waals surface area contributed by atoms with Gasteiger partial charge in [-0.15, -0.1) is 0 Å². The Morgan fingerprint density at radius 1 is 1.30 bits per heavy atom. The van der Waals surface area contributed by atoms with E-state index in [2.05, 4.69) is 22.6 Å². The highest BCUT2D eigenvalue weighted by Gasteiger charge is 2.31. The van der Waals surface area contributed by atoms with Crippen LogP contribution in [0.15, 0.2) is 24.3 Å². The van der Waals surface area contributed by atoms with E-state index >= 15 is 0 Å². The van der Waals surface area contributed by atoms with E-state index in [-0.39, 0.29) is 6.61 Å². The molecule has 2 N–H and O–H groups in total. The maximum Gasteiger partial charge on any atom is 0.229 e. The van der Waals surface area contributed by atoms with Gasteiger partial charge in [0.25, 0.3) is 0 Å². The molecule has 1 heterocycles. The van der Waals surface area contributed by atoms with E-state index < -0.39 is 10.0 Å². The molecule has 23 heavy (non-hydrogen) atoms. The highest BCUT2D eigenvalue weighted by molar-refractivity contribution is 7.92. The summed E-state index contributed by atoms with van der Waals surface area (Å²) < 4.78 is 25.3. The molecule has 0 aromatic heterocycles. The maximum atomic E-state index is 11.4. The molecule has 1 saturated heterocycles. The van der Waals surface area contributed by atoms with Crippen molar-refractivity contribution in [2.75, 3.05) is 37.2 Å². The Hall–Kier alpha value is -1.11. The highest BCUT2D eigenvalue weighted by Crippen LogP contribution is 2.29. The fraction of sp³-hybridized carbons (Fsp3) is 0.647. The quantitative estimate of drug-likeness (QED) is 0.759. The second-order valence-electron chi connectivity index (χ2n) is 6.54. The number of rotatable bonds is 8. The smallest absolute Gasteiger partial charge is 0.229 e. The Kier molecular flexibility index (Phi) is 6.44. The molecule has 2 unspecified atom stereocenters. The van der Waals surface area contributed by atoms with Crippen LogP contribution in [0.3, 0.4) is 0 Å². The SMILES string of the molecule is CCC1CN(CCCO)CC1Cc1cccc(NS(C)(=O)=O)c1. The zero-order valence-corrected chi connectivity index (χ0v) is 14.8. The van der Waals surface area contributed by atoms with Crippen LogP contribution in [0.2, 0.25) is 0 Å². The van der Waals surface area contributed by atoms with E-state index in [0.29, 0.717) is 17.5 Å². The fourth-order valence-corrected chi connectivity index (χ4v) is 4.04. The van der Waals surface area contributed by atoms with Gasteiger partial charge in [-0.25, -0.2) is 8.42 Å². The Bertz CT molecular complexity index is 604. The molecule has 0 aliphatic carbocycles. The molecule has 1 aliphatic heterocycles. The molecule has 1 aliphatic rings. The van der Waals surface area contributed by atoms with Crippen LogP contribution in [0.4, 0.5) is 5.69 Å². The van der Waals surface area contributed by atoms with Crippen LogP contribution in [0.5, 0.6) is 0 Å². The summed E-state index contributed by atoms with van der Waals surface area (Å²) in [7, 11) is -3.24. The van der Waals surface area contributed by atoms with Gasteiger partial charge in [0.15, 0.2) is 0 Å². The number of sulfonamides is 1. The van der Waals surface area contributed by atoms with E-state index in [9.17, 15) is 8.42 Å². The van der Waals surface area contributed by atoms with Gasteiger partial charge in [0.2, 0.25) is 10.0 Å². The van der Waals surface area contributed by atoms with Crippen LogP contribution in [0.25, 0.3) is 0 Å². The maximum absolute atomic E-state index is 11.4. The van der Waals surface area contributed by atoms with Gasteiger partial charge >= 0.3 is 0 Å². The van der Waals surface area contributed by atoms with Crippen LogP contribution in [-0.4, -0.2) is 50.9 Å². The minimum absolute atomic E-state index is 0.247. The van der Waals surface area contributed by atoms with Crippen LogP contribution in [-0.2, 0) is 16.4 Å². The standard InChI is InChI=1S/C17H28N2O3S/c1-3-15-12-19(8-5-9-20)13-16(15)10-14-6-4-7-17(11-14)18-23(2,21)22/h4,6-7,11,15-16,18,20H,3,5,8-10,12-13H2,1-2H3. The highest BCUT2D eigenvalue weighted by atomic mass is 32.2. The van der Waals surface area contributed by atoms with Gasteiger partial charge < -0.3 is 10.0 Å². The number of likely N-dealkylation sites (tertiary alicyclic amines) is 1. The lowest BCUT2D eigenvalue weighted by Crippen LogP contribution is -2.23. The second-order valence-corrected chi connectivity index (χ2v) is 8.29. The number of hydrogen-bond donors (Lipinski definition) is 2. The molecule has 130 valence electrons. The number of hydrogen-bond acceptors (Lipinski definition) is 4. The number of benzene rings is 1. The summed E-state index contributed by atoms with van der Waals surface area (Å²) in [5.74, 6) is 1.26. The minimum atomic E-state index is -3.24. The van der Waals surface area contributed by atoms with Crippen molar-refractivity contribution in [3.63, 3.8) is 0 Å². The molecule has 2 atom stereocenters. The normalized spacial score (nSPS) is 22.4. The molecular formula is C17H28N2O3S. The monoisotopic (exact) mass is 340 g/mol. The number of nitrogens with one attached hydrogen (secondary N) is 1. The summed E-state index contributed by atoms with van der Waals surface area (Å²) >= 11 is 0. The van der Waals surface area contributed by atoms with Crippen molar-refractivity contribution in [2.24, 2.45) is 11.8 Å². The number of nitrogens with zero attached hydrogens (tertiary/aromatic N) is 1. The summed E-state index contributed by atoms with van der Waals surface area (Å²) in [5.41, 5.74) is 1.80.